The van der Waals surface area contributed by atoms with Crippen LogP contribution in [0.4, 0.5) is 0 Å². The molecule has 21 heavy (non-hydrogen) atoms. The number of amides is 1. The molecule has 0 rings (SSSR count). The second-order valence-corrected chi connectivity index (χ2v) is 4.36. The summed E-state index contributed by atoms with van der Waals surface area (Å²) in [6.07, 6.45) is 2.96. The Morgan fingerprint density at radius 1 is 1.24 bits per heavy atom. The first-order valence-corrected chi connectivity index (χ1v) is 6.47. The molecule has 0 saturated heterocycles. The quantitative estimate of drug-likeness (QED) is 0.257. The molecule has 116 valence electrons. The topological polar surface area (TPSA) is 140 Å². The number of nitrogens with one attached hydrogen (secondary N) is 2. The van der Waals surface area contributed by atoms with Crippen LogP contribution >= 0.6 is 0 Å². The van der Waals surface area contributed by atoms with Gasteiger partial charge in [0.2, 0.25) is 0 Å². The summed E-state index contributed by atoms with van der Waals surface area (Å²) in [6, 6.07) is 0.774. The van der Waals surface area contributed by atoms with Crippen LogP contribution in [0.5, 0.6) is 0 Å². The summed E-state index contributed by atoms with van der Waals surface area (Å²) < 4.78 is 0. The van der Waals surface area contributed by atoms with E-state index in [4.69, 9.17) is 15.5 Å². The SMILES string of the molecule is CC(N/C=C(/C#N)C(=O)NCCCCCC(=O)O)C(=O)O. The lowest BCUT2D eigenvalue weighted by atomic mass is 10.2. The van der Waals surface area contributed by atoms with Crippen molar-refractivity contribution in [1.29, 1.82) is 5.26 Å². The molecule has 0 aromatic carbocycles. The van der Waals surface area contributed by atoms with Crippen molar-refractivity contribution in [2.45, 2.75) is 38.6 Å². The Morgan fingerprint density at radius 3 is 2.43 bits per heavy atom. The van der Waals surface area contributed by atoms with E-state index in [2.05, 4.69) is 10.6 Å². The van der Waals surface area contributed by atoms with Crippen molar-refractivity contribution in [2.24, 2.45) is 0 Å². The Balaban J connectivity index is 4.06. The van der Waals surface area contributed by atoms with Crippen LogP contribution in [0, 0.1) is 11.3 Å². The third-order valence-corrected chi connectivity index (χ3v) is 2.57. The van der Waals surface area contributed by atoms with E-state index in [-0.39, 0.29) is 12.0 Å². The van der Waals surface area contributed by atoms with Crippen molar-refractivity contribution >= 4 is 17.8 Å². The smallest absolute Gasteiger partial charge is 0.325 e. The number of rotatable bonds is 10. The second-order valence-electron chi connectivity index (χ2n) is 4.36. The molecule has 0 aromatic heterocycles. The number of nitriles is 1. The van der Waals surface area contributed by atoms with Gasteiger partial charge < -0.3 is 20.8 Å². The number of aliphatic carboxylic acids is 2. The van der Waals surface area contributed by atoms with Gasteiger partial charge in [0, 0.05) is 19.2 Å². The van der Waals surface area contributed by atoms with Gasteiger partial charge in [-0.1, -0.05) is 6.42 Å². The lowest BCUT2D eigenvalue weighted by Gasteiger charge is -2.07. The minimum atomic E-state index is -1.10. The Hall–Kier alpha value is -2.56. The van der Waals surface area contributed by atoms with Crippen LogP contribution in [-0.2, 0) is 14.4 Å². The predicted molar refractivity (Wildman–Crippen MR) is 73.0 cm³/mol. The largest absolute Gasteiger partial charge is 0.481 e. The van der Waals surface area contributed by atoms with Crippen LogP contribution in [0.1, 0.15) is 32.6 Å². The van der Waals surface area contributed by atoms with Crippen molar-refractivity contribution in [3.8, 4) is 6.07 Å². The van der Waals surface area contributed by atoms with E-state index < -0.39 is 23.9 Å². The van der Waals surface area contributed by atoms with Crippen LogP contribution in [0.3, 0.4) is 0 Å². The molecule has 1 amide bonds. The lowest BCUT2D eigenvalue weighted by molar-refractivity contribution is -0.139. The maximum absolute atomic E-state index is 11.6. The molecule has 0 aromatic rings. The van der Waals surface area contributed by atoms with Gasteiger partial charge in [-0.05, 0) is 19.8 Å². The van der Waals surface area contributed by atoms with E-state index in [0.717, 1.165) is 6.20 Å². The van der Waals surface area contributed by atoms with Crippen LogP contribution in [0.15, 0.2) is 11.8 Å². The normalized spacial score (nSPS) is 12.1. The molecule has 0 saturated carbocycles. The molecule has 1 atom stereocenters. The molecular weight excluding hydrogens is 278 g/mol. The second kappa shape index (κ2) is 10.3. The average molecular weight is 297 g/mol. The van der Waals surface area contributed by atoms with Gasteiger partial charge in [0.25, 0.3) is 5.91 Å². The minimum Gasteiger partial charge on any atom is -0.481 e. The summed E-state index contributed by atoms with van der Waals surface area (Å²) >= 11 is 0. The Bertz CT molecular complexity index is 453. The molecule has 8 heteroatoms. The van der Waals surface area contributed by atoms with E-state index in [9.17, 15) is 14.4 Å². The number of carboxylic acid groups (broad SMARTS) is 2. The highest BCUT2D eigenvalue weighted by molar-refractivity contribution is 5.97. The van der Waals surface area contributed by atoms with Crippen molar-refractivity contribution < 1.29 is 24.6 Å². The van der Waals surface area contributed by atoms with Gasteiger partial charge in [0.05, 0.1) is 0 Å². The van der Waals surface area contributed by atoms with Crippen molar-refractivity contribution in [3.05, 3.63) is 11.8 Å². The fraction of sp³-hybridized carbons (Fsp3) is 0.538. The van der Waals surface area contributed by atoms with E-state index in [1.54, 1.807) is 6.07 Å². The number of hydrogen-bond acceptors (Lipinski definition) is 5. The summed E-state index contributed by atoms with van der Waals surface area (Å²) in [4.78, 5) is 32.5. The zero-order chi connectivity index (χ0) is 16.3. The summed E-state index contributed by atoms with van der Waals surface area (Å²) in [7, 11) is 0. The van der Waals surface area contributed by atoms with Gasteiger partial charge in [0.15, 0.2) is 0 Å². The monoisotopic (exact) mass is 297 g/mol. The molecule has 8 nitrogen and oxygen atoms in total. The first-order chi connectivity index (χ1) is 9.88. The number of unbranched alkanes of at least 4 members (excludes halogenated alkanes) is 2. The highest BCUT2D eigenvalue weighted by Crippen LogP contribution is 1.99. The van der Waals surface area contributed by atoms with Crippen LogP contribution in [-0.4, -0.2) is 40.6 Å². The Labute approximate surface area is 122 Å². The molecule has 0 heterocycles. The molecule has 1 unspecified atom stereocenters. The van der Waals surface area contributed by atoms with Gasteiger partial charge in [-0.2, -0.15) is 5.26 Å². The standard InChI is InChI=1S/C13H19N3O5/c1-9(13(20)21)16-8-10(7-14)12(19)15-6-4-2-3-5-11(17)18/h8-9,16H,2-6H2,1H3,(H,15,19)(H,17,18)(H,20,21)/b10-8-. The van der Waals surface area contributed by atoms with E-state index in [0.29, 0.717) is 25.8 Å². The highest BCUT2D eigenvalue weighted by Gasteiger charge is 2.11. The fourth-order valence-electron chi connectivity index (χ4n) is 1.30. The van der Waals surface area contributed by atoms with E-state index in [1.165, 1.54) is 6.92 Å². The Morgan fingerprint density at radius 2 is 1.90 bits per heavy atom. The summed E-state index contributed by atoms with van der Waals surface area (Å²) in [6.45, 7) is 1.71. The molecule has 4 N–H and O–H groups in total. The van der Waals surface area contributed by atoms with E-state index >= 15 is 0 Å². The minimum absolute atomic E-state index is 0.0916. The number of carbonyl (C=O) groups excluding carboxylic acids is 1. The molecular formula is C13H19N3O5. The van der Waals surface area contributed by atoms with Crippen molar-refractivity contribution in [3.63, 3.8) is 0 Å². The predicted octanol–water partition coefficient (Wildman–Crippen LogP) is 0.218. The van der Waals surface area contributed by atoms with Crippen LogP contribution in [0.25, 0.3) is 0 Å². The van der Waals surface area contributed by atoms with Crippen molar-refractivity contribution in [1.82, 2.24) is 10.6 Å². The fourth-order valence-corrected chi connectivity index (χ4v) is 1.30. The summed E-state index contributed by atoms with van der Waals surface area (Å²) in [5.41, 5.74) is -0.214. The molecule has 0 spiro atoms. The molecule has 0 fully saturated rings. The van der Waals surface area contributed by atoms with Gasteiger partial charge >= 0.3 is 11.9 Å². The lowest BCUT2D eigenvalue weighted by Crippen LogP contribution is -2.32. The van der Waals surface area contributed by atoms with Gasteiger partial charge in [0.1, 0.15) is 17.7 Å². The summed E-state index contributed by atoms with van der Waals surface area (Å²) in [5, 5.41) is 30.9. The Kier molecular flexibility index (Phi) is 9.00. The maximum Gasteiger partial charge on any atom is 0.325 e. The average Bonchev–Trinajstić information content (AvgIpc) is 2.42. The third-order valence-electron chi connectivity index (χ3n) is 2.57. The molecule has 0 aliphatic rings. The molecule has 0 aliphatic carbocycles. The van der Waals surface area contributed by atoms with Crippen molar-refractivity contribution in [2.75, 3.05) is 6.54 Å². The maximum atomic E-state index is 11.6. The first-order valence-electron chi connectivity index (χ1n) is 6.47. The van der Waals surface area contributed by atoms with Gasteiger partial charge in [-0.15, -0.1) is 0 Å². The molecule has 0 aliphatic heterocycles. The summed E-state index contributed by atoms with van der Waals surface area (Å²) in [5.74, 6) is -2.55. The first kappa shape index (κ1) is 18.4. The zero-order valence-corrected chi connectivity index (χ0v) is 11.8. The number of nitrogens with zero attached hydrogens (tertiary/aromatic N) is 1. The third kappa shape index (κ3) is 9.04. The number of hydrogen-bond donors (Lipinski definition) is 4. The highest BCUT2D eigenvalue weighted by atomic mass is 16.4. The van der Waals surface area contributed by atoms with Crippen LogP contribution in [0.2, 0.25) is 0 Å². The molecule has 0 radical (unpaired) electrons. The van der Waals surface area contributed by atoms with Crippen LogP contribution < -0.4 is 10.6 Å². The molecule has 0 bridgehead atoms. The number of carboxylic acids is 2. The van der Waals surface area contributed by atoms with Gasteiger partial charge in [-0.3, -0.25) is 14.4 Å². The zero-order valence-electron chi connectivity index (χ0n) is 11.8. The number of carbonyl (C=O) groups is 3. The van der Waals surface area contributed by atoms with E-state index in [1.807, 2.05) is 0 Å². The van der Waals surface area contributed by atoms with Gasteiger partial charge in [-0.25, -0.2) is 0 Å².